The quantitative estimate of drug-likeness (QED) is 0.730. The molecule has 3 rings (SSSR count). The Morgan fingerprint density at radius 3 is 2.71 bits per heavy atom. The predicted molar refractivity (Wildman–Crippen MR) is 102 cm³/mol. The zero-order valence-corrected chi connectivity index (χ0v) is 16.2. The summed E-state index contributed by atoms with van der Waals surface area (Å²) in [5.41, 5.74) is -0.348. The van der Waals surface area contributed by atoms with Crippen molar-refractivity contribution in [2.24, 2.45) is 5.92 Å². The number of carbonyl (C=O) groups excluding carboxylic acids is 1. The molecule has 150 valence electrons. The topological polar surface area (TPSA) is 98.3 Å². The first-order chi connectivity index (χ1) is 13.3. The monoisotopic (exact) mass is 388 g/mol. The molecule has 1 aromatic heterocycles. The first kappa shape index (κ1) is 20.0. The third-order valence-corrected chi connectivity index (χ3v) is 5.02. The average Bonchev–Trinajstić information content (AvgIpc) is 3.05. The van der Waals surface area contributed by atoms with Crippen LogP contribution >= 0.6 is 0 Å². The number of aromatic amines is 1. The van der Waals surface area contributed by atoms with Crippen LogP contribution in [0.25, 0.3) is 0 Å². The van der Waals surface area contributed by atoms with Gasteiger partial charge in [0.05, 0.1) is 6.04 Å². The van der Waals surface area contributed by atoms with Crippen LogP contribution in [0.5, 0.6) is 5.75 Å². The van der Waals surface area contributed by atoms with E-state index in [9.17, 15) is 19.1 Å². The van der Waals surface area contributed by atoms with E-state index in [1.807, 2.05) is 0 Å². The number of rotatable bonds is 5. The lowest BCUT2D eigenvalue weighted by atomic mass is 10.1. The summed E-state index contributed by atoms with van der Waals surface area (Å²) in [5.74, 6) is -0.914. The summed E-state index contributed by atoms with van der Waals surface area (Å²) >= 11 is 0. The molecular weight excluding hydrogens is 363 g/mol. The molecule has 2 unspecified atom stereocenters. The molecule has 1 aliphatic heterocycles. The Bertz CT molecular complexity index is 911. The molecular formula is C20H25FN4O3. The summed E-state index contributed by atoms with van der Waals surface area (Å²) in [6, 6.07) is 5.82. The Morgan fingerprint density at radius 1 is 1.39 bits per heavy atom. The van der Waals surface area contributed by atoms with E-state index in [1.165, 1.54) is 12.1 Å². The molecule has 1 aliphatic rings. The smallest absolute Gasteiger partial charge is 0.293 e. The SMILES string of the molecule is CC1CC(c2nc(C(=O)NCc3ccc(F)cc3)c(O)c(=O)[nH]2)N(C(C)C)C1. The third-order valence-electron chi connectivity index (χ3n) is 5.02. The van der Waals surface area contributed by atoms with Gasteiger partial charge < -0.3 is 15.4 Å². The molecule has 8 heteroatoms. The van der Waals surface area contributed by atoms with E-state index < -0.39 is 17.2 Å². The number of likely N-dealkylation sites (tertiary alicyclic amines) is 1. The molecule has 0 aliphatic carbocycles. The number of halogens is 1. The van der Waals surface area contributed by atoms with Crippen LogP contribution < -0.4 is 10.9 Å². The predicted octanol–water partition coefficient (Wildman–Crippen LogP) is 2.34. The largest absolute Gasteiger partial charge is 0.501 e. The van der Waals surface area contributed by atoms with Crippen molar-refractivity contribution >= 4 is 5.91 Å². The minimum atomic E-state index is -0.736. The number of H-pyrrole nitrogens is 1. The molecule has 28 heavy (non-hydrogen) atoms. The van der Waals surface area contributed by atoms with Gasteiger partial charge in [-0.25, -0.2) is 9.37 Å². The van der Waals surface area contributed by atoms with Gasteiger partial charge in [-0.2, -0.15) is 0 Å². The average molecular weight is 388 g/mol. The Labute approximate surface area is 162 Å². The highest BCUT2D eigenvalue weighted by Gasteiger charge is 2.35. The highest BCUT2D eigenvalue weighted by Crippen LogP contribution is 2.35. The molecule has 7 nitrogen and oxygen atoms in total. The van der Waals surface area contributed by atoms with Crippen LogP contribution in [0.4, 0.5) is 4.39 Å². The fraction of sp³-hybridized carbons (Fsp3) is 0.450. The first-order valence-corrected chi connectivity index (χ1v) is 9.37. The van der Waals surface area contributed by atoms with Crippen molar-refractivity contribution in [3.63, 3.8) is 0 Å². The van der Waals surface area contributed by atoms with E-state index in [2.05, 4.69) is 41.0 Å². The molecule has 2 atom stereocenters. The summed E-state index contributed by atoms with van der Waals surface area (Å²) < 4.78 is 13.0. The van der Waals surface area contributed by atoms with Crippen molar-refractivity contribution in [1.82, 2.24) is 20.2 Å². The molecule has 2 heterocycles. The summed E-state index contributed by atoms with van der Waals surface area (Å²) in [7, 11) is 0. The van der Waals surface area contributed by atoms with Gasteiger partial charge >= 0.3 is 0 Å². The van der Waals surface area contributed by atoms with Crippen molar-refractivity contribution in [1.29, 1.82) is 0 Å². The van der Waals surface area contributed by atoms with Crippen LogP contribution in [-0.2, 0) is 6.54 Å². The highest BCUT2D eigenvalue weighted by molar-refractivity contribution is 5.94. The second-order valence-electron chi connectivity index (χ2n) is 7.60. The number of amides is 1. The van der Waals surface area contributed by atoms with Gasteiger partial charge in [0.1, 0.15) is 11.6 Å². The summed E-state index contributed by atoms with van der Waals surface area (Å²) in [6.07, 6.45) is 0.808. The van der Waals surface area contributed by atoms with Crippen LogP contribution in [-0.4, -0.2) is 38.5 Å². The lowest BCUT2D eigenvalue weighted by Gasteiger charge is -2.27. The molecule has 1 aromatic carbocycles. The maximum atomic E-state index is 13.0. The number of benzene rings is 1. The normalized spacial score (nSPS) is 19.9. The van der Waals surface area contributed by atoms with Crippen LogP contribution in [0.3, 0.4) is 0 Å². The van der Waals surface area contributed by atoms with E-state index in [1.54, 1.807) is 12.1 Å². The Morgan fingerprint density at radius 2 is 2.07 bits per heavy atom. The lowest BCUT2D eigenvalue weighted by Crippen LogP contribution is -2.34. The first-order valence-electron chi connectivity index (χ1n) is 9.37. The molecule has 0 bridgehead atoms. The Kier molecular flexibility index (Phi) is 5.79. The van der Waals surface area contributed by atoms with Crippen LogP contribution in [0, 0.1) is 11.7 Å². The fourth-order valence-corrected chi connectivity index (χ4v) is 3.59. The Hall–Kier alpha value is -2.74. The second-order valence-corrected chi connectivity index (χ2v) is 7.60. The van der Waals surface area contributed by atoms with Crippen molar-refractivity contribution in [3.05, 3.63) is 57.5 Å². The van der Waals surface area contributed by atoms with E-state index in [-0.39, 0.29) is 30.1 Å². The molecule has 1 amide bonds. The third kappa shape index (κ3) is 4.22. The number of hydrogen-bond acceptors (Lipinski definition) is 5. The van der Waals surface area contributed by atoms with Crippen molar-refractivity contribution in [2.45, 2.75) is 45.8 Å². The molecule has 3 N–H and O–H groups in total. The number of carbonyl (C=O) groups is 1. The van der Waals surface area contributed by atoms with Crippen LogP contribution in [0.1, 0.15) is 55.1 Å². The van der Waals surface area contributed by atoms with Crippen molar-refractivity contribution in [2.75, 3.05) is 6.54 Å². The lowest BCUT2D eigenvalue weighted by molar-refractivity contribution is 0.0941. The molecule has 1 saturated heterocycles. The van der Waals surface area contributed by atoms with Crippen LogP contribution in [0.2, 0.25) is 0 Å². The highest BCUT2D eigenvalue weighted by atomic mass is 19.1. The van der Waals surface area contributed by atoms with E-state index in [0.29, 0.717) is 17.3 Å². The van der Waals surface area contributed by atoms with Crippen molar-refractivity contribution in [3.8, 4) is 5.75 Å². The Balaban J connectivity index is 1.84. The number of aromatic nitrogens is 2. The molecule has 2 aromatic rings. The van der Waals surface area contributed by atoms with Gasteiger partial charge in [0.15, 0.2) is 5.69 Å². The zero-order chi connectivity index (χ0) is 20.4. The number of nitrogens with one attached hydrogen (secondary N) is 2. The standard InChI is InChI=1S/C20H25FN4O3/c1-11(2)25-10-12(3)8-15(25)18-23-16(17(26)20(28)24-18)19(27)22-9-13-4-6-14(21)7-5-13/h4-7,11-12,15,26H,8-10H2,1-3H3,(H,22,27)(H,23,24,28). The maximum Gasteiger partial charge on any atom is 0.293 e. The zero-order valence-electron chi connectivity index (χ0n) is 16.2. The number of nitrogens with zero attached hydrogens (tertiary/aromatic N) is 2. The van der Waals surface area contributed by atoms with E-state index in [0.717, 1.165) is 13.0 Å². The fourth-order valence-electron chi connectivity index (χ4n) is 3.59. The van der Waals surface area contributed by atoms with E-state index in [4.69, 9.17) is 0 Å². The number of hydrogen-bond donors (Lipinski definition) is 3. The van der Waals surface area contributed by atoms with Gasteiger partial charge in [-0.05, 0) is 43.9 Å². The van der Waals surface area contributed by atoms with Gasteiger partial charge in [-0.15, -0.1) is 0 Å². The van der Waals surface area contributed by atoms with Gasteiger partial charge in [0, 0.05) is 19.1 Å². The molecule has 1 fully saturated rings. The second kappa shape index (κ2) is 8.10. The number of aromatic hydroxyl groups is 1. The maximum absolute atomic E-state index is 13.0. The summed E-state index contributed by atoms with van der Waals surface area (Å²) in [6.45, 7) is 7.27. The van der Waals surface area contributed by atoms with Gasteiger partial charge in [0.25, 0.3) is 11.5 Å². The van der Waals surface area contributed by atoms with E-state index >= 15 is 0 Å². The summed E-state index contributed by atoms with van der Waals surface area (Å²) in [5, 5.41) is 12.7. The van der Waals surface area contributed by atoms with Gasteiger partial charge in [0.2, 0.25) is 5.75 Å². The minimum absolute atomic E-state index is 0.119. The summed E-state index contributed by atoms with van der Waals surface area (Å²) in [4.78, 5) is 33.9. The van der Waals surface area contributed by atoms with Crippen LogP contribution in [0.15, 0.2) is 29.1 Å². The van der Waals surface area contributed by atoms with Gasteiger partial charge in [-0.3, -0.25) is 14.5 Å². The molecule has 0 spiro atoms. The molecule has 0 saturated carbocycles. The molecule has 0 radical (unpaired) electrons. The van der Waals surface area contributed by atoms with Crippen molar-refractivity contribution < 1.29 is 14.3 Å². The van der Waals surface area contributed by atoms with Gasteiger partial charge in [-0.1, -0.05) is 19.1 Å². The minimum Gasteiger partial charge on any atom is -0.501 e.